The van der Waals surface area contributed by atoms with E-state index in [0.717, 1.165) is 67.4 Å². The molecule has 0 aliphatic heterocycles. The maximum Gasteiger partial charge on any atom is 0.118 e. The van der Waals surface area contributed by atoms with E-state index in [-0.39, 0.29) is 0 Å². The van der Waals surface area contributed by atoms with Crippen LogP contribution in [-0.2, 0) is 0 Å². The van der Waals surface area contributed by atoms with Gasteiger partial charge in [-0.3, -0.25) is 0 Å². The molecule has 0 spiro atoms. The summed E-state index contributed by atoms with van der Waals surface area (Å²) in [7, 11) is 3.33. The first kappa shape index (κ1) is 23.1. The first-order valence-corrected chi connectivity index (χ1v) is 11.8. The molecule has 4 heteroatoms. The minimum atomic E-state index is 0.722. The van der Waals surface area contributed by atoms with E-state index in [1.807, 2.05) is 84.9 Å². The van der Waals surface area contributed by atoms with Gasteiger partial charge >= 0.3 is 0 Å². The van der Waals surface area contributed by atoms with E-state index in [1.165, 1.54) is 0 Å². The van der Waals surface area contributed by atoms with Gasteiger partial charge in [0.2, 0.25) is 0 Å². The molecule has 4 nitrogen and oxygen atoms in total. The fourth-order valence-electron chi connectivity index (χ4n) is 4.60. The zero-order chi connectivity index (χ0) is 25.1. The molecule has 0 saturated heterocycles. The van der Waals surface area contributed by atoms with Crippen LogP contribution in [0.5, 0.6) is 11.5 Å². The number of anilines is 2. The summed E-state index contributed by atoms with van der Waals surface area (Å²) in [5.74, 6) is 1.62. The van der Waals surface area contributed by atoms with Crippen LogP contribution in [0, 0.1) is 0 Å². The molecule has 36 heavy (non-hydrogen) atoms. The van der Waals surface area contributed by atoms with Crippen molar-refractivity contribution in [2.75, 3.05) is 25.7 Å². The number of ether oxygens (including phenoxy) is 2. The SMILES string of the molecule is COc1ccc(-c2cccc(-c3ccccc3-c3cccc(-c4ccc(OC)cc4)c3N)c2N)cc1. The van der Waals surface area contributed by atoms with Crippen LogP contribution >= 0.6 is 0 Å². The predicted molar refractivity (Wildman–Crippen MR) is 150 cm³/mol. The normalized spacial score (nSPS) is 10.7. The largest absolute Gasteiger partial charge is 0.497 e. The van der Waals surface area contributed by atoms with Gasteiger partial charge in [-0.1, -0.05) is 84.9 Å². The van der Waals surface area contributed by atoms with Gasteiger partial charge < -0.3 is 20.9 Å². The van der Waals surface area contributed by atoms with Crippen molar-refractivity contribution in [2.45, 2.75) is 0 Å². The molecule has 5 aromatic carbocycles. The van der Waals surface area contributed by atoms with Gasteiger partial charge in [0.25, 0.3) is 0 Å². The van der Waals surface area contributed by atoms with Crippen LogP contribution in [0.25, 0.3) is 44.5 Å². The third kappa shape index (κ3) is 4.25. The van der Waals surface area contributed by atoms with E-state index in [0.29, 0.717) is 0 Å². The van der Waals surface area contributed by atoms with Crippen molar-refractivity contribution in [3.63, 3.8) is 0 Å². The van der Waals surface area contributed by atoms with Crippen LogP contribution in [0.2, 0.25) is 0 Å². The zero-order valence-electron chi connectivity index (χ0n) is 20.4. The van der Waals surface area contributed by atoms with Gasteiger partial charge in [-0.05, 0) is 46.5 Å². The topological polar surface area (TPSA) is 70.5 Å². The molecule has 0 radical (unpaired) electrons. The summed E-state index contributed by atoms with van der Waals surface area (Å²) in [6, 6.07) is 36.4. The number of hydrogen-bond acceptors (Lipinski definition) is 4. The van der Waals surface area contributed by atoms with E-state index < -0.39 is 0 Å². The number of para-hydroxylation sites is 2. The molecular weight excluding hydrogens is 444 g/mol. The summed E-state index contributed by atoms with van der Waals surface area (Å²) in [5.41, 5.74) is 23.0. The van der Waals surface area contributed by atoms with Crippen LogP contribution in [0.4, 0.5) is 11.4 Å². The minimum Gasteiger partial charge on any atom is -0.497 e. The fourth-order valence-corrected chi connectivity index (χ4v) is 4.60. The second kappa shape index (κ2) is 9.88. The van der Waals surface area contributed by atoms with Crippen molar-refractivity contribution < 1.29 is 9.47 Å². The lowest BCUT2D eigenvalue weighted by atomic mass is 9.89. The Kier molecular flexibility index (Phi) is 6.33. The second-order valence-electron chi connectivity index (χ2n) is 8.54. The monoisotopic (exact) mass is 472 g/mol. The van der Waals surface area contributed by atoms with E-state index in [1.54, 1.807) is 14.2 Å². The predicted octanol–water partition coefficient (Wildman–Crippen LogP) is 7.54. The lowest BCUT2D eigenvalue weighted by Crippen LogP contribution is -1.98. The van der Waals surface area contributed by atoms with Crippen molar-refractivity contribution in [2.24, 2.45) is 0 Å². The smallest absolute Gasteiger partial charge is 0.118 e. The van der Waals surface area contributed by atoms with Crippen LogP contribution in [-0.4, -0.2) is 14.2 Å². The highest BCUT2D eigenvalue weighted by atomic mass is 16.5. The van der Waals surface area contributed by atoms with E-state index in [9.17, 15) is 0 Å². The molecule has 0 unspecified atom stereocenters. The van der Waals surface area contributed by atoms with Crippen molar-refractivity contribution >= 4 is 11.4 Å². The summed E-state index contributed by atoms with van der Waals surface area (Å²) in [5, 5.41) is 0. The summed E-state index contributed by atoms with van der Waals surface area (Å²) >= 11 is 0. The van der Waals surface area contributed by atoms with Gasteiger partial charge in [0.15, 0.2) is 0 Å². The Morgan fingerprint density at radius 2 is 0.722 bits per heavy atom. The van der Waals surface area contributed by atoms with E-state index in [2.05, 4.69) is 24.3 Å². The molecule has 5 aromatic rings. The molecule has 0 saturated carbocycles. The summed E-state index contributed by atoms with van der Waals surface area (Å²) < 4.78 is 10.6. The zero-order valence-corrected chi connectivity index (χ0v) is 20.4. The highest BCUT2D eigenvalue weighted by Gasteiger charge is 2.16. The molecule has 0 atom stereocenters. The Balaban J connectivity index is 1.62. The molecule has 0 fully saturated rings. The highest BCUT2D eigenvalue weighted by Crippen LogP contribution is 2.43. The third-order valence-corrected chi connectivity index (χ3v) is 6.52. The molecule has 5 rings (SSSR count). The van der Waals surface area contributed by atoms with Gasteiger partial charge in [-0.15, -0.1) is 0 Å². The molecule has 0 amide bonds. The Hall–Kier alpha value is -4.70. The van der Waals surface area contributed by atoms with Gasteiger partial charge in [0, 0.05) is 33.6 Å². The summed E-state index contributed by atoms with van der Waals surface area (Å²) in [6.07, 6.45) is 0. The third-order valence-electron chi connectivity index (χ3n) is 6.52. The number of benzene rings is 5. The summed E-state index contributed by atoms with van der Waals surface area (Å²) in [4.78, 5) is 0. The summed E-state index contributed by atoms with van der Waals surface area (Å²) in [6.45, 7) is 0. The maximum atomic E-state index is 6.78. The Morgan fingerprint density at radius 3 is 1.08 bits per heavy atom. The van der Waals surface area contributed by atoms with Gasteiger partial charge in [0.05, 0.1) is 14.2 Å². The Bertz CT molecular complexity index is 1390. The molecule has 0 heterocycles. The molecule has 4 N–H and O–H groups in total. The standard InChI is InChI=1S/C32H28N2O2/c1-35-23-17-13-21(14-18-23)25-9-5-11-29(31(25)33)27-7-3-4-8-28(27)30-12-6-10-26(32(30)34)22-15-19-24(36-2)20-16-22/h3-20H,33-34H2,1-2H3. The van der Waals surface area contributed by atoms with Crippen molar-refractivity contribution in [1.82, 2.24) is 0 Å². The first-order chi connectivity index (χ1) is 17.6. The lowest BCUT2D eigenvalue weighted by Gasteiger charge is -2.18. The van der Waals surface area contributed by atoms with E-state index in [4.69, 9.17) is 20.9 Å². The number of nitrogen functional groups attached to an aromatic ring is 2. The van der Waals surface area contributed by atoms with Crippen LogP contribution in [0.1, 0.15) is 0 Å². The average Bonchev–Trinajstić information content (AvgIpc) is 2.94. The molecular formula is C32H28N2O2. The molecule has 0 aromatic heterocycles. The van der Waals surface area contributed by atoms with Crippen LogP contribution < -0.4 is 20.9 Å². The maximum absolute atomic E-state index is 6.78. The van der Waals surface area contributed by atoms with Crippen molar-refractivity contribution in [3.8, 4) is 56.0 Å². The van der Waals surface area contributed by atoms with Crippen LogP contribution in [0.15, 0.2) is 109 Å². The number of nitrogens with two attached hydrogens (primary N) is 2. The Morgan fingerprint density at radius 1 is 0.389 bits per heavy atom. The van der Waals surface area contributed by atoms with Gasteiger partial charge in [0.1, 0.15) is 11.5 Å². The Labute approximate surface area is 211 Å². The fraction of sp³-hybridized carbons (Fsp3) is 0.0625. The van der Waals surface area contributed by atoms with Gasteiger partial charge in [-0.2, -0.15) is 0 Å². The van der Waals surface area contributed by atoms with Crippen molar-refractivity contribution in [3.05, 3.63) is 109 Å². The second-order valence-corrected chi connectivity index (χ2v) is 8.54. The van der Waals surface area contributed by atoms with Gasteiger partial charge in [-0.25, -0.2) is 0 Å². The van der Waals surface area contributed by atoms with Crippen LogP contribution in [0.3, 0.4) is 0 Å². The molecule has 0 bridgehead atoms. The molecule has 178 valence electrons. The first-order valence-electron chi connectivity index (χ1n) is 11.8. The molecule has 0 aliphatic carbocycles. The average molecular weight is 473 g/mol. The lowest BCUT2D eigenvalue weighted by molar-refractivity contribution is 0.415. The number of rotatable bonds is 6. The quantitative estimate of drug-likeness (QED) is 0.251. The minimum absolute atomic E-state index is 0.722. The number of hydrogen-bond donors (Lipinski definition) is 2. The molecule has 0 aliphatic rings. The number of methoxy groups -OCH3 is 2. The van der Waals surface area contributed by atoms with E-state index >= 15 is 0 Å². The van der Waals surface area contributed by atoms with Crippen molar-refractivity contribution in [1.29, 1.82) is 0 Å². The highest BCUT2D eigenvalue weighted by molar-refractivity contribution is 5.98.